The molecule has 0 spiro atoms. The minimum absolute atomic E-state index is 0.00170. The summed E-state index contributed by atoms with van der Waals surface area (Å²) < 4.78 is 0. The van der Waals surface area contributed by atoms with E-state index in [0.29, 0.717) is 0 Å². The maximum Gasteiger partial charge on any atom is 0.110 e. The van der Waals surface area contributed by atoms with Crippen molar-refractivity contribution in [2.24, 2.45) is 4.99 Å². The Labute approximate surface area is 152 Å². The van der Waals surface area contributed by atoms with Crippen molar-refractivity contribution in [3.05, 3.63) is 71.8 Å². The van der Waals surface area contributed by atoms with Crippen LogP contribution in [0.15, 0.2) is 65.7 Å². The minimum Gasteiger partial charge on any atom is -0.353 e. The second-order valence-electron chi connectivity index (χ2n) is 7.27. The van der Waals surface area contributed by atoms with Crippen molar-refractivity contribution in [3.8, 4) is 0 Å². The molecule has 1 unspecified atom stereocenters. The van der Waals surface area contributed by atoms with Gasteiger partial charge in [-0.1, -0.05) is 86.8 Å². The van der Waals surface area contributed by atoms with Crippen molar-refractivity contribution >= 4 is 5.84 Å². The lowest BCUT2D eigenvalue weighted by molar-refractivity contribution is 0.399. The molecule has 0 bridgehead atoms. The molecule has 2 aromatic rings. The van der Waals surface area contributed by atoms with Gasteiger partial charge in [-0.3, -0.25) is 4.99 Å². The molecule has 1 aliphatic heterocycles. The van der Waals surface area contributed by atoms with Crippen LogP contribution < -0.4 is 0 Å². The molecule has 1 atom stereocenters. The molecule has 0 aliphatic carbocycles. The third-order valence-electron chi connectivity index (χ3n) is 5.33. The van der Waals surface area contributed by atoms with Crippen LogP contribution in [0, 0.1) is 0 Å². The quantitative estimate of drug-likeness (QED) is 0.587. The van der Waals surface area contributed by atoms with Gasteiger partial charge in [0.2, 0.25) is 0 Å². The molecular formula is C23H30N2. The van der Waals surface area contributed by atoms with Gasteiger partial charge in [-0.05, 0) is 24.5 Å². The Morgan fingerprint density at radius 2 is 1.64 bits per heavy atom. The first-order valence-electron chi connectivity index (χ1n) is 9.63. The zero-order valence-electron chi connectivity index (χ0n) is 15.6. The Hall–Kier alpha value is -2.09. The van der Waals surface area contributed by atoms with Gasteiger partial charge in [0.05, 0.1) is 6.54 Å². The Morgan fingerprint density at radius 3 is 2.32 bits per heavy atom. The first-order valence-corrected chi connectivity index (χ1v) is 9.63. The zero-order valence-corrected chi connectivity index (χ0v) is 15.6. The Bertz CT molecular complexity index is 678. The number of benzene rings is 2. The molecule has 0 saturated carbocycles. The van der Waals surface area contributed by atoms with Gasteiger partial charge in [0.25, 0.3) is 0 Å². The van der Waals surface area contributed by atoms with Crippen molar-refractivity contribution in [2.75, 3.05) is 13.1 Å². The van der Waals surface area contributed by atoms with E-state index in [1.165, 1.54) is 36.2 Å². The highest BCUT2D eigenvalue weighted by Gasteiger charge is 2.37. The molecule has 0 saturated heterocycles. The summed E-state index contributed by atoms with van der Waals surface area (Å²) in [5.41, 5.74) is 2.76. The number of hydrogen-bond donors (Lipinski definition) is 0. The minimum atomic E-state index is 0.00170. The second-order valence-corrected chi connectivity index (χ2v) is 7.27. The van der Waals surface area contributed by atoms with E-state index < -0.39 is 0 Å². The van der Waals surface area contributed by atoms with E-state index in [-0.39, 0.29) is 5.41 Å². The van der Waals surface area contributed by atoms with E-state index in [0.717, 1.165) is 26.1 Å². The molecule has 0 N–H and O–H groups in total. The third kappa shape index (κ3) is 4.12. The Kier molecular flexibility index (Phi) is 5.91. The van der Waals surface area contributed by atoms with Gasteiger partial charge in [-0.25, -0.2) is 0 Å². The lowest BCUT2D eigenvalue weighted by Gasteiger charge is -2.36. The van der Waals surface area contributed by atoms with Gasteiger partial charge in [0.15, 0.2) is 0 Å². The highest BCUT2D eigenvalue weighted by molar-refractivity contribution is 5.94. The SMILES string of the molecule is CCCCCC(C)(C1=NCCN1Cc1ccccc1)c1ccccc1. The monoisotopic (exact) mass is 334 g/mol. The van der Waals surface area contributed by atoms with E-state index in [2.05, 4.69) is 79.4 Å². The van der Waals surface area contributed by atoms with Gasteiger partial charge in [0, 0.05) is 18.5 Å². The third-order valence-corrected chi connectivity index (χ3v) is 5.33. The van der Waals surface area contributed by atoms with Crippen LogP contribution >= 0.6 is 0 Å². The number of hydrogen-bond acceptors (Lipinski definition) is 2. The molecule has 1 aliphatic rings. The van der Waals surface area contributed by atoms with Crippen molar-refractivity contribution < 1.29 is 0 Å². The summed E-state index contributed by atoms with van der Waals surface area (Å²) >= 11 is 0. The maximum atomic E-state index is 4.98. The highest BCUT2D eigenvalue weighted by atomic mass is 15.2. The number of amidine groups is 1. The predicted octanol–water partition coefficient (Wildman–Crippen LogP) is 5.44. The molecule has 132 valence electrons. The van der Waals surface area contributed by atoms with Crippen LogP contribution in [-0.2, 0) is 12.0 Å². The predicted molar refractivity (Wildman–Crippen MR) is 107 cm³/mol. The van der Waals surface area contributed by atoms with Crippen LogP contribution in [0.25, 0.3) is 0 Å². The van der Waals surface area contributed by atoms with Crippen LogP contribution in [0.3, 0.4) is 0 Å². The second kappa shape index (κ2) is 8.33. The van der Waals surface area contributed by atoms with Gasteiger partial charge in [-0.15, -0.1) is 0 Å². The molecule has 1 heterocycles. The number of rotatable bonds is 8. The summed E-state index contributed by atoms with van der Waals surface area (Å²) in [6.45, 7) is 7.56. The van der Waals surface area contributed by atoms with Crippen LogP contribution in [-0.4, -0.2) is 23.8 Å². The first kappa shape index (κ1) is 17.7. The molecule has 0 aromatic heterocycles. The maximum absolute atomic E-state index is 4.98. The average Bonchev–Trinajstić information content (AvgIpc) is 3.12. The van der Waals surface area contributed by atoms with E-state index in [9.17, 15) is 0 Å². The van der Waals surface area contributed by atoms with Crippen molar-refractivity contribution in [1.29, 1.82) is 0 Å². The largest absolute Gasteiger partial charge is 0.353 e. The number of unbranched alkanes of at least 4 members (excludes halogenated alkanes) is 2. The van der Waals surface area contributed by atoms with Gasteiger partial charge >= 0.3 is 0 Å². The summed E-state index contributed by atoms with van der Waals surface area (Å²) in [7, 11) is 0. The van der Waals surface area contributed by atoms with E-state index in [1.807, 2.05) is 0 Å². The summed E-state index contributed by atoms with van der Waals surface area (Å²) in [5, 5.41) is 0. The first-order chi connectivity index (χ1) is 12.2. The van der Waals surface area contributed by atoms with Crippen LogP contribution in [0.4, 0.5) is 0 Å². The molecule has 2 aromatic carbocycles. The average molecular weight is 335 g/mol. The Morgan fingerprint density at radius 1 is 0.960 bits per heavy atom. The van der Waals surface area contributed by atoms with Gasteiger partial charge in [-0.2, -0.15) is 0 Å². The molecule has 0 radical (unpaired) electrons. The highest BCUT2D eigenvalue weighted by Crippen LogP contribution is 2.35. The normalized spacial score (nSPS) is 16.6. The number of aliphatic imine (C=N–C) groups is 1. The van der Waals surface area contributed by atoms with Crippen LogP contribution in [0.1, 0.15) is 50.7 Å². The van der Waals surface area contributed by atoms with E-state index in [4.69, 9.17) is 4.99 Å². The summed E-state index contributed by atoms with van der Waals surface area (Å²) in [6.07, 6.45) is 4.95. The summed E-state index contributed by atoms with van der Waals surface area (Å²) in [4.78, 5) is 7.48. The molecule has 0 amide bonds. The smallest absolute Gasteiger partial charge is 0.110 e. The fraction of sp³-hybridized carbons (Fsp3) is 0.435. The van der Waals surface area contributed by atoms with E-state index >= 15 is 0 Å². The molecular weight excluding hydrogens is 304 g/mol. The Balaban J connectivity index is 1.86. The van der Waals surface area contributed by atoms with Crippen molar-refractivity contribution in [3.63, 3.8) is 0 Å². The molecule has 2 nitrogen and oxygen atoms in total. The molecule has 0 fully saturated rings. The molecule has 25 heavy (non-hydrogen) atoms. The fourth-order valence-electron chi connectivity index (χ4n) is 3.88. The lowest BCUT2D eigenvalue weighted by Crippen LogP contribution is -2.42. The van der Waals surface area contributed by atoms with Crippen LogP contribution in [0.2, 0.25) is 0 Å². The fourth-order valence-corrected chi connectivity index (χ4v) is 3.88. The zero-order chi connectivity index (χ0) is 17.5. The van der Waals surface area contributed by atoms with Crippen molar-refractivity contribution in [1.82, 2.24) is 4.90 Å². The summed E-state index contributed by atoms with van der Waals surface area (Å²) in [6, 6.07) is 21.7. The topological polar surface area (TPSA) is 15.6 Å². The molecule has 3 rings (SSSR count). The summed E-state index contributed by atoms with van der Waals surface area (Å²) in [5.74, 6) is 1.28. The van der Waals surface area contributed by atoms with Gasteiger partial charge < -0.3 is 4.90 Å². The standard InChI is InChI=1S/C23H30N2/c1-3-4-11-16-23(2,21-14-9-6-10-15-21)22-24-17-18-25(22)19-20-12-7-5-8-13-20/h5-10,12-15H,3-4,11,16-19H2,1-2H3. The number of nitrogens with zero attached hydrogens (tertiary/aromatic N) is 2. The van der Waals surface area contributed by atoms with E-state index in [1.54, 1.807) is 0 Å². The van der Waals surface area contributed by atoms with Crippen LogP contribution in [0.5, 0.6) is 0 Å². The lowest BCUT2D eigenvalue weighted by atomic mass is 9.76. The molecule has 2 heteroatoms. The van der Waals surface area contributed by atoms with Crippen molar-refractivity contribution in [2.45, 2.75) is 51.5 Å². The van der Waals surface area contributed by atoms with Gasteiger partial charge in [0.1, 0.15) is 5.84 Å².